The zero-order valence-electron chi connectivity index (χ0n) is 12.5. The number of nitrogens with one attached hydrogen (secondary N) is 1. The molecule has 1 aromatic carbocycles. The molecule has 0 saturated carbocycles. The second-order valence-electron chi connectivity index (χ2n) is 5.01. The number of hydrogen-bond acceptors (Lipinski definition) is 3. The maximum Gasteiger partial charge on any atom is 0.214 e. The summed E-state index contributed by atoms with van der Waals surface area (Å²) in [6.07, 6.45) is 2.72. The van der Waals surface area contributed by atoms with Gasteiger partial charge in [-0.15, -0.1) is 0 Å². The SMILES string of the molecule is CCCNCCCCS(=O)(=O)N(C)Cc1ccccc1. The molecule has 0 aliphatic carbocycles. The molecule has 0 saturated heterocycles. The van der Waals surface area contributed by atoms with Crippen molar-refractivity contribution in [3.8, 4) is 0 Å². The molecule has 0 amide bonds. The van der Waals surface area contributed by atoms with Gasteiger partial charge >= 0.3 is 0 Å². The van der Waals surface area contributed by atoms with E-state index in [-0.39, 0.29) is 5.75 Å². The average Bonchev–Trinajstić information content (AvgIpc) is 2.43. The van der Waals surface area contributed by atoms with Crippen molar-refractivity contribution in [3.63, 3.8) is 0 Å². The highest BCUT2D eigenvalue weighted by Gasteiger charge is 2.17. The lowest BCUT2D eigenvalue weighted by atomic mass is 10.2. The highest BCUT2D eigenvalue weighted by Crippen LogP contribution is 2.08. The molecule has 114 valence electrons. The first kappa shape index (κ1) is 17.1. The van der Waals surface area contributed by atoms with E-state index in [4.69, 9.17) is 0 Å². The van der Waals surface area contributed by atoms with Crippen LogP contribution in [0.15, 0.2) is 30.3 Å². The van der Waals surface area contributed by atoms with Gasteiger partial charge in [0.05, 0.1) is 5.75 Å². The summed E-state index contributed by atoms with van der Waals surface area (Å²) < 4.78 is 25.7. The maximum atomic E-state index is 12.1. The van der Waals surface area contributed by atoms with E-state index in [9.17, 15) is 8.42 Å². The molecule has 0 unspecified atom stereocenters. The summed E-state index contributed by atoms with van der Waals surface area (Å²) in [6, 6.07) is 9.67. The summed E-state index contributed by atoms with van der Waals surface area (Å²) in [7, 11) is -1.50. The lowest BCUT2D eigenvalue weighted by molar-refractivity contribution is 0.464. The first-order chi connectivity index (χ1) is 9.56. The fourth-order valence-corrected chi connectivity index (χ4v) is 3.16. The molecule has 4 nitrogen and oxygen atoms in total. The second-order valence-corrected chi connectivity index (χ2v) is 7.21. The van der Waals surface area contributed by atoms with E-state index in [1.165, 1.54) is 4.31 Å². The summed E-state index contributed by atoms with van der Waals surface area (Å²) in [6.45, 7) is 4.46. The number of unbranched alkanes of at least 4 members (excludes halogenated alkanes) is 1. The molecule has 0 aromatic heterocycles. The number of sulfonamides is 1. The van der Waals surface area contributed by atoms with Crippen LogP contribution in [-0.2, 0) is 16.6 Å². The highest BCUT2D eigenvalue weighted by atomic mass is 32.2. The summed E-state index contributed by atoms with van der Waals surface area (Å²) in [4.78, 5) is 0. The first-order valence-electron chi connectivity index (χ1n) is 7.25. The highest BCUT2D eigenvalue weighted by molar-refractivity contribution is 7.89. The minimum absolute atomic E-state index is 0.226. The van der Waals surface area contributed by atoms with Crippen molar-refractivity contribution in [2.45, 2.75) is 32.7 Å². The molecule has 0 spiro atoms. The average molecular weight is 298 g/mol. The number of benzene rings is 1. The minimum Gasteiger partial charge on any atom is -0.317 e. The molecule has 0 fully saturated rings. The van der Waals surface area contributed by atoms with Gasteiger partial charge < -0.3 is 5.32 Å². The molecular weight excluding hydrogens is 272 g/mol. The summed E-state index contributed by atoms with van der Waals surface area (Å²) in [5, 5.41) is 3.28. The topological polar surface area (TPSA) is 49.4 Å². The zero-order valence-corrected chi connectivity index (χ0v) is 13.3. The molecule has 0 heterocycles. The Morgan fingerprint density at radius 2 is 1.80 bits per heavy atom. The quantitative estimate of drug-likeness (QED) is 0.674. The van der Waals surface area contributed by atoms with Gasteiger partial charge in [0.25, 0.3) is 0 Å². The Balaban J connectivity index is 2.32. The van der Waals surface area contributed by atoms with Crippen LogP contribution in [0, 0.1) is 0 Å². The largest absolute Gasteiger partial charge is 0.317 e. The monoisotopic (exact) mass is 298 g/mol. The molecule has 1 aromatic rings. The van der Waals surface area contributed by atoms with E-state index < -0.39 is 10.0 Å². The van der Waals surface area contributed by atoms with Crippen LogP contribution in [0.3, 0.4) is 0 Å². The molecule has 0 atom stereocenters. The van der Waals surface area contributed by atoms with E-state index in [2.05, 4.69) is 12.2 Å². The molecule has 0 aliphatic rings. The van der Waals surface area contributed by atoms with Crippen molar-refractivity contribution in [1.29, 1.82) is 0 Å². The normalized spacial score (nSPS) is 11.9. The van der Waals surface area contributed by atoms with E-state index in [1.807, 2.05) is 30.3 Å². The maximum absolute atomic E-state index is 12.1. The van der Waals surface area contributed by atoms with Crippen LogP contribution in [0.2, 0.25) is 0 Å². The van der Waals surface area contributed by atoms with Gasteiger partial charge in [0.15, 0.2) is 0 Å². The van der Waals surface area contributed by atoms with Gasteiger partial charge in [-0.2, -0.15) is 0 Å². The second kappa shape index (κ2) is 9.10. The van der Waals surface area contributed by atoms with Gasteiger partial charge in [-0.3, -0.25) is 0 Å². The van der Waals surface area contributed by atoms with Crippen molar-refractivity contribution in [1.82, 2.24) is 9.62 Å². The Morgan fingerprint density at radius 1 is 1.10 bits per heavy atom. The lowest BCUT2D eigenvalue weighted by Gasteiger charge is -2.17. The van der Waals surface area contributed by atoms with Crippen molar-refractivity contribution in [2.75, 3.05) is 25.9 Å². The van der Waals surface area contributed by atoms with Crippen LogP contribution in [0.4, 0.5) is 0 Å². The molecule has 0 radical (unpaired) electrons. The van der Waals surface area contributed by atoms with Gasteiger partial charge in [-0.25, -0.2) is 12.7 Å². The Labute approximate surface area is 123 Å². The standard InChI is InChI=1S/C15H26N2O2S/c1-3-11-16-12-7-8-13-20(18,19)17(2)14-15-9-5-4-6-10-15/h4-6,9-10,16H,3,7-8,11-14H2,1-2H3. The van der Waals surface area contributed by atoms with E-state index >= 15 is 0 Å². The molecule has 5 heteroatoms. The van der Waals surface area contributed by atoms with Gasteiger partial charge in [0.1, 0.15) is 0 Å². The summed E-state index contributed by atoms with van der Waals surface area (Å²) in [5.74, 6) is 0.226. The van der Waals surface area contributed by atoms with Crippen LogP contribution in [-0.4, -0.2) is 38.6 Å². The minimum atomic E-state index is -3.15. The smallest absolute Gasteiger partial charge is 0.214 e. The molecule has 0 aliphatic heterocycles. The van der Waals surface area contributed by atoms with Gasteiger partial charge in [0.2, 0.25) is 10.0 Å². The van der Waals surface area contributed by atoms with E-state index in [0.717, 1.165) is 31.5 Å². The predicted molar refractivity (Wildman–Crippen MR) is 84.1 cm³/mol. The predicted octanol–water partition coefficient (Wildman–Crippen LogP) is 2.23. The Hall–Kier alpha value is -0.910. The van der Waals surface area contributed by atoms with Crippen LogP contribution >= 0.6 is 0 Å². The Kier molecular flexibility index (Phi) is 7.80. The third kappa shape index (κ3) is 6.50. The molecule has 0 bridgehead atoms. The molecule has 1 N–H and O–H groups in total. The van der Waals surface area contributed by atoms with Crippen LogP contribution in [0.25, 0.3) is 0 Å². The molecular formula is C15H26N2O2S. The summed E-state index contributed by atoms with van der Waals surface area (Å²) >= 11 is 0. The Bertz CT molecular complexity index is 460. The Morgan fingerprint density at radius 3 is 2.45 bits per heavy atom. The van der Waals surface area contributed by atoms with Gasteiger partial charge in [-0.05, 0) is 37.9 Å². The van der Waals surface area contributed by atoms with Gasteiger partial charge in [0, 0.05) is 13.6 Å². The van der Waals surface area contributed by atoms with E-state index in [1.54, 1.807) is 7.05 Å². The van der Waals surface area contributed by atoms with Crippen molar-refractivity contribution >= 4 is 10.0 Å². The number of rotatable bonds is 10. The van der Waals surface area contributed by atoms with Crippen LogP contribution in [0.1, 0.15) is 31.7 Å². The third-order valence-corrected chi connectivity index (χ3v) is 5.04. The lowest BCUT2D eigenvalue weighted by Crippen LogP contribution is -2.29. The van der Waals surface area contributed by atoms with Crippen LogP contribution in [0.5, 0.6) is 0 Å². The van der Waals surface area contributed by atoms with Crippen molar-refractivity contribution in [3.05, 3.63) is 35.9 Å². The zero-order chi connectivity index (χ0) is 14.8. The molecule has 20 heavy (non-hydrogen) atoms. The summed E-state index contributed by atoms with van der Waals surface area (Å²) in [5.41, 5.74) is 1.02. The number of nitrogens with zero attached hydrogens (tertiary/aromatic N) is 1. The van der Waals surface area contributed by atoms with E-state index in [0.29, 0.717) is 13.0 Å². The number of hydrogen-bond donors (Lipinski definition) is 1. The third-order valence-electron chi connectivity index (χ3n) is 3.16. The molecule has 1 rings (SSSR count). The fraction of sp³-hybridized carbons (Fsp3) is 0.600. The van der Waals surface area contributed by atoms with Crippen molar-refractivity contribution in [2.24, 2.45) is 0 Å². The van der Waals surface area contributed by atoms with Crippen molar-refractivity contribution < 1.29 is 8.42 Å². The fourth-order valence-electron chi connectivity index (χ4n) is 1.93. The van der Waals surface area contributed by atoms with Crippen LogP contribution < -0.4 is 5.32 Å². The van der Waals surface area contributed by atoms with Gasteiger partial charge in [-0.1, -0.05) is 37.3 Å². The first-order valence-corrected chi connectivity index (χ1v) is 8.86.